The predicted octanol–water partition coefficient (Wildman–Crippen LogP) is 2.99. The summed E-state index contributed by atoms with van der Waals surface area (Å²) >= 11 is 0. The molecule has 0 aromatic carbocycles. The molecule has 0 aliphatic rings. The van der Waals surface area contributed by atoms with E-state index in [1.54, 1.807) is 14.2 Å². The van der Waals surface area contributed by atoms with E-state index < -0.39 is 0 Å². The van der Waals surface area contributed by atoms with Crippen LogP contribution in [0, 0.1) is 5.41 Å². The fourth-order valence-corrected chi connectivity index (χ4v) is 1.03. The molecule has 78 valence electrons. The molecule has 2 heteroatoms. The lowest BCUT2D eigenvalue weighted by atomic mass is 9.91. The van der Waals surface area contributed by atoms with E-state index in [0.717, 1.165) is 12.0 Å². The van der Waals surface area contributed by atoms with Gasteiger partial charge in [0.2, 0.25) is 0 Å². The van der Waals surface area contributed by atoms with Gasteiger partial charge in [0, 0.05) is 14.2 Å². The molecule has 0 aliphatic heterocycles. The Morgan fingerprint density at radius 1 is 1.23 bits per heavy atom. The fraction of sp³-hybridized carbons (Fsp3) is 0.818. The summed E-state index contributed by atoms with van der Waals surface area (Å²) in [6, 6.07) is 0. The molecule has 0 aliphatic carbocycles. The average Bonchev–Trinajstić information content (AvgIpc) is 2.02. The summed E-state index contributed by atoms with van der Waals surface area (Å²) in [5.74, 6) is 0. The van der Waals surface area contributed by atoms with Crippen LogP contribution >= 0.6 is 0 Å². The maximum atomic E-state index is 5.14. The standard InChI is InChI=1S/C11H22O2/c1-9(10(12-5)13-6)7-8-11(2,3)4/h7,10H,8H2,1-6H3. The zero-order chi connectivity index (χ0) is 10.5. The summed E-state index contributed by atoms with van der Waals surface area (Å²) in [4.78, 5) is 0. The zero-order valence-corrected chi connectivity index (χ0v) is 9.68. The van der Waals surface area contributed by atoms with Gasteiger partial charge >= 0.3 is 0 Å². The summed E-state index contributed by atoms with van der Waals surface area (Å²) in [7, 11) is 3.31. The predicted molar refractivity (Wildman–Crippen MR) is 55.6 cm³/mol. The van der Waals surface area contributed by atoms with Gasteiger partial charge in [-0.15, -0.1) is 0 Å². The Hall–Kier alpha value is -0.340. The van der Waals surface area contributed by atoms with Crippen LogP contribution in [0.1, 0.15) is 34.1 Å². The van der Waals surface area contributed by atoms with Crippen molar-refractivity contribution in [2.45, 2.75) is 40.4 Å². The minimum atomic E-state index is -0.192. The molecular weight excluding hydrogens is 164 g/mol. The normalized spacial score (nSPS) is 13.9. The van der Waals surface area contributed by atoms with E-state index in [1.807, 2.05) is 6.92 Å². The molecule has 13 heavy (non-hydrogen) atoms. The van der Waals surface area contributed by atoms with Crippen molar-refractivity contribution in [1.29, 1.82) is 0 Å². The largest absolute Gasteiger partial charge is 0.352 e. The first kappa shape index (κ1) is 12.7. The van der Waals surface area contributed by atoms with Gasteiger partial charge in [0.1, 0.15) is 0 Å². The minimum Gasteiger partial charge on any atom is -0.352 e. The molecule has 0 N–H and O–H groups in total. The molecule has 0 heterocycles. The molecule has 0 radical (unpaired) electrons. The Balaban J connectivity index is 4.15. The van der Waals surface area contributed by atoms with Crippen LogP contribution in [-0.2, 0) is 9.47 Å². The smallest absolute Gasteiger partial charge is 0.178 e. The van der Waals surface area contributed by atoms with Crippen LogP contribution < -0.4 is 0 Å². The van der Waals surface area contributed by atoms with E-state index in [-0.39, 0.29) is 6.29 Å². The van der Waals surface area contributed by atoms with Gasteiger partial charge in [-0.2, -0.15) is 0 Å². The molecule has 0 aromatic rings. The highest BCUT2D eigenvalue weighted by Gasteiger charge is 2.11. The summed E-state index contributed by atoms with van der Waals surface area (Å²) in [6.07, 6.45) is 3.03. The third kappa shape index (κ3) is 5.83. The monoisotopic (exact) mass is 186 g/mol. The van der Waals surface area contributed by atoms with E-state index in [1.165, 1.54) is 0 Å². The van der Waals surface area contributed by atoms with Gasteiger partial charge in [-0.1, -0.05) is 26.8 Å². The SMILES string of the molecule is COC(OC)C(C)=CCC(C)(C)C. The first-order chi connectivity index (χ1) is 5.90. The van der Waals surface area contributed by atoms with Crippen molar-refractivity contribution in [3.8, 4) is 0 Å². The van der Waals surface area contributed by atoms with Crippen molar-refractivity contribution in [3.63, 3.8) is 0 Å². The van der Waals surface area contributed by atoms with E-state index in [0.29, 0.717) is 5.41 Å². The second-order valence-corrected chi connectivity index (χ2v) is 4.52. The van der Waals surface area contributed by atoms with Gasteiger partial charge in [0.15, 0.2) is 6.29 Å². The van der Waals surface area contributed by atoms with Gasteiger partial charge in [-0.3, -0.25) is 0 Å². The molecule has 0 aromatic heterocycles. The van der Waals surface area contributed by atoms with Crippen LogP contribution in [0.5, 0.6) is 0 Å². The quantitative estimate of drug-likeness (QED) is 0.496. The second-order valence-electron chi connectivity index (χ2n) is 4.52. The molecule has 0 rings (SSSR count). The number of methoxy groups -OCH3 is 2. The summed E-state index contributed by atoms with van der Waals surface area (Å²) in [6.45, 7) is 8.67. The molecule has 0 amide bonds. The Morgan fingerprint density at radius 3 is 2.00 bits per heavy atom. The lowest BCUT2D eigenvalue weighted by Gasteiger charge is -2.18. The highest BCUT2D eigenvalue weighted by atomic mass is 16.7. The lowest BCUT2D eigenvalue weighted by Crippen LogP contribution is -2.15. The van der Waals surface area contributed by atoms with E-state index in [4.69, 9.17) is 9.47 Å². The van der Waals surface area contributed by atoms with Crippen molar-refractivity contribution < 1.29 is 9.47 Å². The van der Waals surface area contributed by atoms with Gasteiger partial charge < -0.3 is 9.47 Å². The summed E-state index contributed by atoms with van der Waals surface area (Å²) < 4.78 is 10.3. The number of hydrogen-bond acceptors (Lipinski definition) is 2. The molecule has 0 unspecified atom stereocenters. The summed E-state index contributed by atoms with van der Waals surface area (Å²) in [5.41, 5.74) is 1.47. The van der Waals surface area contributed by atoms with E-state index in [9.17, 15) is 0 Å². The first-order valence-electron chi connectivity index (χ1n) is 4.63. The Labute approximate surface area is 81.9 Å². The minimum absolute atomic E-state index is 0.192. The second kappa shape index (κ2) is 5.40. The zero-order valence-electron chi connectivity index (χ0n) is 9.68. The molecule has 0 bridgehead atoms. The van der Waals surface area contributed by atoms with Crippen molar-refractivity contribution in [3.05, 3.63) is 11.6 Å². The van der Waals surface area contributed by atoms with E-state index >= 15 is 0 Å². The number of ether oxygens (including phenoxy) is 2. The summed E-state index contributed by atoms with van der Waals surface area (Å²) in [5, 5.41) is 0. The molecule has 2 nitrogen and oxygen atoms in total. The van der Waals surface area contributed by atoms with Crippen LogP contribution in [0.4, 0.5) is 0 Å². The number of hydrogen-bond donors (Lipinski definition) is 0. The number of rotatable bonds is 4. The van der Waals surface area contributed by atoms with Crippen LogP contribution in [0.25, 0.3) is 0 Å². The third-order valence-corrected chi connectivity index (χ3v) is 1.84. The van der Waals surface area contributed by atoms with Gasteiger partial charge in [0.25, 0.3) is 0 Å². The highest BCUT2D eigenvalue weighted by Crippen LogP contribution is 2.21. The molecular formula is C11H22O2. The molecule has 0 fully saturated rings. The van der Waals surface area contributed by atoms with Crippen LogP contribution in [0.2, 0.25) is 0 Å². The topological polar surface area (TPSA) is 18.5 Å². The van der Waals surface area contributed by atoms with Crippen molar-refractivity contribution in [1.82, 2.24) is 0 Å². The maximum Gasteiger partial charge on any atom is 0.178 e. The van der Waals surface area contributed by atoms with Crippen molar-refractivity contribution >= 4 is 0 Å². The van der Waals surface area contributed by atoms with Gasteiger partial charge in [-0.05, 0) is 24.3 Å². The maximum absolute atomic E-state index is 5.14. The molecule has 0 spiro atoms. The van der Waals surface area contributed by atoms with Crippen LogP contribution in [-0.4, -0.2) is 20.5 Å². The average molecular weight is 186 g/mol. The van der Waals surface area contributed by atoms with Crippen LogP contribution in [0.3, 0.4) is 0 Å². The molecule has 0 saturated carbocycles. The Bertz CT molecular complexity index is 161. The lowest BCUT2D eigenvalue weighted by molar-refractivity contribution is -0.0749. The van der Waals surface area contributed by atoms with Crippen molar-refractivity contribution in [2.24, 2.45) is 5.41 Å². The van der Waals surface area contributed by atoms with Crippen molar-refractivity contribution in [2.75, 3.05) is 14.2 Å². The first-order valence-corrected chi connectivity index (χ1v) is 4.63. The van der Waals surface area contributed by atoms with Gasteiger partial charge in [0.05, 0.1) is 0 Å². The van der Waals surface area contributed by atoms with Crippen LogP contribution in [0.15, 0.2) is 11.6 Å². The Morgan fingerprint density at radius 2 is 1.69 bits per heavy atom. The molecule has 0 saturated heterocycles. The highest BCUT2D eigenvalue weighted by molar-refractivity contribution is 5.02. The molecule has 0 atom stereocenters. The number of allylic oxidation sites excluding steroid dienone is 1. The Kier molecular flexibility index (Phi) is 5.26. The van der Waals surface area contributed by atoms with E-state index in [2.05, 4.69) is 26.8 Å². The fourth-order valence-electron chi connectivity index (χ4n) is 1.03. The third-order valence-electron chi connectivity index (χ3n) is 1.84. The van der Waals surface area contributed by atoms with Gasteiger partial charge in [-0.25, -0.2) is 0 Å².